The summed E-state index contributed by atoms with van der Waals surface area (Å²) in [5.74, 6) is -0.748. The molecule has 1 rings (SSSR count). The van der Waals surface area contributed by atoms with Gasteiger partial charge in [-0.15, -0.1) is 0 Å². The zero-order chi connectivity index (χ0) is 10.2. The minimum atomic E-state index is -0.964. The number of carboxylic acid groups (broad SMARTS) is 1. The van der Waals surface area contributed by atoms with Crippen molar-refractivity contribution in [1.29, 1.82) is 0 Å². The van der Waals surface area contributed by atoms with Crippen LogP contribution < -0.4 is 0 Å². The first-order chi connectivity index (χ1) is 5.95. The lowest BCUT2D eigenvalue weighted by Crippen LogP contribution is -2.05. The van der Waals surface area contributed by atoms with Crippen LogP contribution >= 0.6 is 15.9 Å². The number of aromatic nitrogens is 2. The zero-order valence-corrected chi connectivity index (χ0v) is 9.29. The van der Waals surface area contributed by atoms with Crippen molar-refractivity contribution in [2.45, 2.75) is 19.8 Å². The van der Waals surface area contributed by atoms with E-state index < -0.39 is 5.97 Å². The summed E-state index contributed by atoms with van der Waals surface area (Å²) in [5.41, 5.74) is 0.976. The summed E-state index contributed by atoms with van der Waals surface area (Å²) in [6, 6.07) is 0. The molecule has 0 bridgehead atoms. The first-order valence-electron chi connectivity index (χ1n) is 3.90. The molecule has 4 nitrogen and oxygen atoms in total. The van der Waals surface area contributed by atoms with Gasteiger partial charge in [0.1, 0.15) is 0 Å². The minimum Gasteiger partial charge on any atom is -0.476 e. The zero-order valence-electron chi connectivity index (χ0n) is 7.71. The van der Waals surface area contributed by atoms with Crippen molar-refractivity contribution in [2.75, 3.05) is 0 Å². The second-order valence-corrected chi connectivity index (χ2v) is 3.92. The number of halogens is 1. The summed E-state index contributed by atoms with van der Waals surface area (Å²) in [6.07, 6.45) is 0. The van der Waals surface area contributed by atoms with Crippen LogP contribution in [0.15, 0.2) is 4.47 Å². The summed E-state index contributed by atoms with van der Waals surface area (Å²) in [7, 11) is 1.63. The Balaban J connectivity index is 3.30. The van der Waals surface area contributed by atoms with Gasteiger partial charge < -0.3 is 5.11 Å². The molecule has 1 heterocycles. The van der Waals surface area contributed by atoms with Crippen molar-refractivity contribution in [3.63, 3.8) is 0 Å². The molecule has 0 atom stereocenters. The van der Waals surface area contributed by atoms with Gasteiger partial charge in [0.15, 0.2) is 5.69 Å². The Kier molecular flexibility index (Phi) is 2.75. The van der Waals surface area contributed by atoms with E-state index in [4.69, 9.17) is 5.11 Å². The molecule has 0 saturated heterocycles. The first-order valence-corrected chi connectivity index (χ1v) is 4.70. The van der Waals surface area contributed by atoms with Gasteiger partial charge in [-0.2, -0.15) is 5.10 Å². The molecule has 0 aliphatic carbocycles. The van der Waals surface area contributed by atoms with E-state index in [1.165, 1.54) is 4.68 Å². The molecule has 0 radical (unpaired) electrons. The summed E-state index contributed by atoms with van der Waals surface area (Å²) in [5, 5.41) is 13.0. The van der Waals surface area contributed by atoms with Crippen molar-refractivity contribution in [2.24, 2.45) is 7.05 Å². The predicted octanol–water partition coefficient (Wildman–Crippen LogP) is 2.00. The molecule has 1 aromatic heterocycles. The van der Waals surface area contributed by atoms with E-state index >= 15 is 0 Å². The minimum absolute atomic E-state index is 0.198. The molecule has 1 N–H and O–H groups in total. The van der Waals surface area contributed by atoms with Crippen LogP contribution in [0.5, 0.6) is 0 Å². The van der Waals surface area contributed by atoms with Crippen LogP contribution in [0.1, 0.15) is 35.9 Å². The maximum Gasteiger partial charge on any atom is 0.355 e. The molecule has 13 heavy (non-hydrogen) atoms. The van der Waals surface area contributed by atoms with Crippen LogP contribution in [-0.4, -0.2) is 20.9 Å². The van der Waals surface area contributed by atoms with Crippen LogP contribution in [-0.2, 0) is 7.05 Å². The molecule has 5 heteroatoms. The molecule has 0 aromatic carbocycles. The van der Waals surface area contributed by atoms with E-state index in [1.54, 1.807) is 7.05 Å². The molecular formula is C8H11BrN2O2. The molecule has 0 fully saturated rings. The second-order valence-electron chi connectivity index (χ2n) is 3.13. The fraction of sp³-hybridized carbons (Fsp3) is 0.500. The maximum atomic E-state index is 10.8. The van der Waals surface area contributed by atoms with Gasteiger partial charge in [0.2, 0.25) is 0 Å². The van der Waals surface area contributed by atoms with Crippen LogP contribution in [0.3, 0.4) is 0 Å². The van der Waals surface area contributed by atoms with E-state index in [9.17, 15) is 4.79 Å². The van der Waals surface area contributed by atoms with Crippen LogP contribution in [0.4, 0.5) is 0 Å². The summed E-state index contributed by atoms with van der Waals surface area (Å²) in [4.78, 5) is 10.8. The van der Waals surface area contributed by atoms with Gasteiger partial charge in [-0.25, -0.2) is 4.79 Å². The Morgan fingerprint density at radius 3 is 2.38 bits per heavy atom. The number of nitrogens with zero attached hydrogens (tertiary/aromatic N) is 2. The van der Waals surface area contributed by atoms with Gasteiger partial charge in [0.05, 0.1) is 10.2 Å². The number of rotatable bonds is 2. The number of aromatic carboxylic acids is 1. The van der Waals surface area contributed by atoms with Crippen LogP contribution in [0.25, 0.3) is 0 Å². The van der Waals surface area contributed by atoms with E-state index in [-0.39, 0.29) is 11.6 Å². The maximum absolute atomic E-state index is 10.8. The largest absolute Gasteiger partial charge is 0.476 e. The summed E-state index contributed by atoms with van der Waals surface area (Å²) >= 11 is 3.24. The van der Waals surface area contributed by atoms with Crippen molar-refractivity contribution < 1.29 is 9.90 Å². The van der Waals surface area contributed by atoms with Gasteiger partial charge in [0.25, 0.3) is 0 Å². The number of carboxylic acids is 1. The van der Waals surface area contributed by atoms with Gasteiger partial charge >= 0.3 is 5.97 Å². The highest BCUT2D eigenvalue weighted by Gasteiger charge is 2.20. The van der Waals surface area contributed by atoms with E-state index in [0.717, 1.165) is 5.69 Å². The normalized spacial score (nSPS) is 10.8. The highest BCUT2D eigenvalue weighted by atomic mass is 79.9. The molecule has 0 unspecified atom stereocenters. The van der Waals surface area contributed by atoms with Crippen molar-refractivity contribution in [1.82, 2.24) is 9.78 Å². The molecule has 0 saturated carbocycles. The SMILES string of the molecule is CC(C)c1nn(C)c(C(=O)O)c1Br. The Bertz CT molecular complexity index is 344. The topological polar surface area (TPSA) is 55.1 Å². The quantitative estimate of drug-likeness (QED) is 0.869. The molecule has 0 amide bonds. The average Bonchev–Trinajstić information content (AvgIpc) is 2.26. The highest BCUT2D eigenvalue weighted by Crippen LogP contribution is 2.26. The summed E-state index contributed by atoms with van der Waals surface area (Å²) < 4.78 is 1.96. The fourth-order valence-electron chi connectivity index (χ4n) is 1.12. The molecule has 1 aromatic rings. The van der Waals surface area contributed by atoms with Crippen LogP contribution in [0.2, 0.25) is 0 Å². The third-order valence-electron chi connectivity index (χ3n) is 1.76. The molecule has 72 valence electrons. The van der Waals surface area contributed by atoms with Crippen molar-refractivity contribution >= 4 is 21.9 Å². The predicted molar refractivity (Wildman–Crippen MR) is 52.0 cm³/mol. The number of aryl methyl sites for hydroxylation is 1. The lowest BCUT2D eigenvalue weighted by Gasteiger charge is -1.98. The summed E-state index contributed by atoms with van der Waals surface area (Å²) in [6.45, 7) is 3.94. The third-order valence-corrected chi connectivity index (χ3v) is 2.55. The number of carbonyl (C=O) groups is 1. The van der Waals surface area contributed by atoms with E-state index in [1.807, 2.05) is 13.8 Å². The first kappa shape index (κ1) is 10.2. The smallest absolute Gasteiger partial charge is 0.355 e. The fourth-order valence-corrected chi connectivity index (χ4v) is 2.08. The second kappa shape index (κ2) is 3.49. The monoisotopic (exact) mass is 246 g/mol. The van der Waals surface area contributed by atoms with Gasteiger partial charge in [-0.3, -0.25) is 4.68 Å². The lowest BCUT2D eigenvalue weighted by molar-refractivity contribution is 0.0684. The lowest BCUT2D eigenvalue weighted by atomic mass is 10.1. The average molecular weight is 247 g/mol. The van der Waals surface area contributed by atoms with Crippen molar-refractivity contribution in [3.05, 3.63) is 15.9 Å². The standard InChI is InChI=1S/C8H11BrN2O2/c1-4(2)6-5(9)7(8(12)13)11(3)10-6/h4H,1-3H3,(H,12,13). The Hall–Kier alpha value is -0.840. The Morgan fingerprint density at radius 2 is 2.15 bits per heavy atom. The van der Waals surface area contributed by atoms with Crippen molar-refractivity contribution in [3.8, 4) is 0 Å². The Morgan fingerprint density at radius 1 is 1.62 bits per heavy atom. The molecule has 0 aliphatic heterocycles. The number of hydrogen-bond acceptors (Lipinski definition) is 2. The highest BCUT2D eigenvalue weighted by molar-refractivity contribution is 9.10. The molecule has 0 spiro atoms. The number of hydrogen-bond donors (Lipinski definition) is 1. The molecule has 0 aliphatic rings. The third kappa shape index (κ3) is 1.75. The van der Waals surface area contributed by atoms with Gasteiger partial charge in [0, 0.05) is 7.05 Å². The van der Waals surface area contributed by atoms with E-state index in [2.05, 4.69) is 21.0 Å². The van der Waals surface area contributed by atoms with Gasteiger partial charge in [-0.05, 0) is 21.8 Å². The molecular weight excluding hydrogens is 236 g/mol. The van der Waals surface area contributed by atoms with E-state index in [0.29, 0.717) is 4.47 Å². The Labute approximate surface area is 84.7 Å². The van der Waals surface area contributed by atoms with Gasteiger partial charge in [-0.1, -0.05) is 13.8 Å². The van der Waals surface area contributed by atoms with Crippen LogP contribution in [0, 0.1) is 0 Å².